The number of aryl methyl sites for hydroxylation is 1. The van der Waals surface area contributed by atoms with Crippen molar-refractivity contribution in [1.29, 1.82) is 0 Å². The number of hydrogen-bond acceptors (Lipinski definition) is 9. The summed E-state index contributed by atoms with van der Waals surface area (Å²) in [7, 11) is 0. The Morgan fingerprint density at radius 3 is 2.42 bits per heavy atom. The molecule has 11 nitrogen and oxygen atoms in total. The van der Waals surface area contributed by atoms with Gasteiger partial charge in [0.05, 0.1) is 11.7 Å². The van der Waals surface area contributed by atoms with Crippen LogP contribution in [0.3, 0.4) is 0 Å². The lowest BCUT2D eigenvalue weighted by Gasteiger charge is -2.38. The third-order valence-electron chi connectivity index (χ3n) is 6.08. The number of benzene rings is 2. The van der Waals surface area contributed by atoms with Crippen LogP contribution in [0.25, 0.3) is 0 Å². The summed E-state index contributed by atoms with van der Waals surface area (Å²) >= 11 is 0. The number of aliphatic hydroxyl groups excluding tert-OH is 4. The topological polar surface area (TPSA) is 192 Å². The molecule has 36 heavy (non-hydrogen) atoms. The summed E-state index contributed by atoms with van der Waals surface area (Å²) < 4.78 is 10.5. The maximum Gasteiger partial charge on any atom is 0.335 e. The molecule has 11 heteroatoms. The van der Waals surface area contributed by atoms with Gasteiger partial charge < -0.3 is 46.1 Å². The van der Waals surface area contributed by atoms with Gasteiger partial charge in [0.1, 0.15) is 24.1 Å². The van der Waals surface area contributed by atoms with Gasteiger partial charge in [-0.1, -0.05) is 36.4 Å². The van der Waals surface area contributed by atoms with Crippen molar-refractivity contribution in [1.82, 2.24) is 5.32 Å². The number of rotatable bonds is 11. The Hall–Kier alpha value is -3.06. The van der Waals surface area contributed by atoms with E-state index in [1.807, 2.05) is 25.1 Å². The normalized spacial score (nSPS) is 25.6. The Kier molecular flexibility index (Phi) is 9.37. The molecule has 196 valence electrons. The van der Waals surface area contributed by atoms with Gasteiger partial charge in [0.15, 0.2) is 6.10 Å². The Morgan fingerprint density at radius 1 is 1.08 bits per heavy atom. The van der Waals surface area contributed by atoms with Gasteiger partial charge in [-0.05, 0) is 43.0 Å². The second-order valence-corrected chi connectivity index (χ2v) is 8.82. The summed E-state index contributed by atoms with van der Waals surface area (Å²) in [5, 5.41) is 53.0. The zero-order valence-electron chi connectivity index (χ0n) is 19.7. The smallest absolute Gasteiger partial charge is 0.335 e. The maximum atomic E-state index is 12.1. The van der Waals surface area contributed by atoms with Crippen LogP contribution in [-0.2, 0) is 16.0 Å². The second kappa shape index (κ2) is 12.3. The van der Waals surface area contributed by atoms with Gasteiger partial charge in [0.2, 0.25) is 6.29 Å². The molecule has 0 aliphatic carbocycles. The highest BCUT2D eigenvalue weighted by molar-refractivity contribution is 5.95. The molecule has 7 atom stereocenters. The molecule has 1 unspecified atom stereocenters. The van der Waals surface area contributed by atoms with E-state index in [0.29, 0.717) is 5.56 Å². The third-order valence-corrected chi connectivity index (χ3v) is 6.08. The van der Waals surface area contributed by atoms with Gasteiger partial charge in [-0.3, -0.25) is 4.79 Å². The standard InChI is InChI=1S/C25H32N2O9/c1-13(7-8-14-5-3-2-4-6-14)27-12-17(28)15-9-10-18(16(11-15)23(26)32)35-25-21(31)19(29)20(30)22(36-25)24(33)34/h2-6,9-11,13,17,19-22,25,27-31H,7-8,12H2,1H3,(H2,26,32)(H,33,34)/t13-,17+,19+,20+,21-,22?,25-/m1/s1. The average Bonchev–Trinajstić information content (AvgIpc) is 2.86. The zero-order valence-corrected chi connectivity index (χ0v) is 19.7. The summed E-state index contributed by atoms with van der Waals surface area (Å²) in [6.45, 7) is 2.22. The third kappa shape index (κ3) is 6.78. The second-order valence-electron chi connectivity index (χ2n) is 8.82. The van der Waals surface area contributed by atoms with Crippen LogP contribution >= 0.6 is 0 Å². The monoisotopic (exact) mass is 504 g/mol. The van der Waals surface area contributed by atoms with Gasteiger partial charge in [0, 0.05) is 12.6 Å². The highest BCUT2D eigenvalue weighted by Crippen LogP contribution is 2.29. The highest BCUT2D eigenvalue weighted by atomic mass is 16.7. The minimum atomic E-state index is -1.88. The van der Waals surface area contributed by atoms with E-state index in [-0.39, 0.29) is 23.9 Å². The Balaban J connectivity index is 1.64. The van der Waals surface area contributed by atoms with Crippen LogP contribution in [0.5, 0.6) is 5.75 Å². The van der Waals surface area contributed by atoms with Crippen LogP contribution in [0, 0.1) is 0 Å². The van der Waals surface area contributed by atoms with Gasteiger partial charge in [-0.2, -0.15) is 0 Å². The quantitative estimate of drug-likeness (QED) is 0.214. The van der Waals surface area contributed by atoms with Crippen molar-refractivity contribution in [2.45, 2.75) is 62.6 Å². The Morgan fingerprint density at radius 2 is 1.78 bits per heavy atom. The van der Waals surface area contributed by atoms with Crippen molar-refractivity contribution in [3.05, 3.63) is 65.2 Å². The largest absolute Gasteiger partial charge is 0.479 e. The zero-order chi connectivity index (χ0) is 26.4. The first-order valence-electron chi connectivity index (χ1n) is 11.6. The molecule has 3 rings (SSSR count). The molecule has 8 N–H and O–H groups in total. The molecule has 0 saturated carbocycles. The molecule has 0 spiro atoms. The highest BCUT2D eigenvalue weighted by Gasteiger charge is 2.48. The number of hydrogen-bond donors (Lipinski definition) is 7. The molecular formula is C25H32N2O9. The first-order valence-corrected chi connectivity index (χ1v) is 11.6. The lowest BCUT2D eigenvalue weighted by atomic mass is 9.99. The molecule has 1 heterocycles. The van der Waals surface area contributed by atoms with E-state index in [1.165, 1.54) is 23.8 Å². The van der Waals surface area contributed by atoms with Crippen molar-refractivity contribution in [3.8, 4) is 5.75 Å². The van der Waals surface area contributed by atoms with Crippen molar-refractivity contribution >= 4 is 11.9 Å². The Bertz CT molecular complexity index is 1040. The number of carboxylic acids is 1. The number of amides is 1. The first kappa shape index (κ1) is 27.5. The number of ether oxygens (including phenoxy) is 2. The van der Waals surface area contributed by atoms with Gasteiger partial charge >= 0.3 is 5.97 Å². The van der Waals surface area contributed by atoms with E-state index >= 15 is 0 Å². The maximum absolute atomic E-state index is 12.1. The number of carbonyl (C=O) groups is 2. The summed E-state index contributed by atoms with van der Waals surface area (Å²) in [5.41, 5.74) is 6.91. The first-order chi connectivity index (χ1) is 17.1. The minimum absolute atomic E-state index is 0.118. The number of aliphatic hydroxyl groups is 4. The molecule has 1 aliphatic heterocycles. The van der Waals surface area contributed by atoms with Gasteiger partial charge in [0.25, 0.3) is 5.91 Å². The molecule has 1 saturated heterocycles. The van der Waals surface area contributed by atoms with Crippen LogP contribution in [0.15, 0.2) is 48.5 Å². The molecule has 1 aliphatic rings. The van der Waals surface area contributed by atoms with Crippen molar-refractivity contribution in [2.24, 2.45) is 5.73 Å². The van der Waals surface area contributed by atoms with E-state index in [2.05, 4.69) is 17.4 Å². The van der Waals surface area contributed by atoms with Gasteiger partial charge in [-0.15, -0.1) is 0 Å². The molecule has 0 bridgehead atoms. The fraction of sp³-hybridized carbons (Fsp3) is 0.440. The predicted molar refractivity (Wildman–Crippen MR) is 127 cm³/mol. The van der Waals surface area contributed by atoms with Crippen LogP contribution < -0.4 is 15.8 Å². The summed E-state index contributed by atoms with van der Waals surface area (Å²) in [4.78, 5) is 23.3. The van der Waals surface area contributed by atoms with Crippen molar-refractivity contribution < 1.29 is 44.6 Å². The summed E-state index contributed by atoms with van der Waals surface area (Å²) in [6, 6.07) is 14.3. The van der Waals surface area contributed by atoms with E-state index < -0.39 is 48.7 Å². The van der Waals surface area contributed by atoms with Crippen LogP contribution in [-0.4, -0.2) is 80.7 Å². The summed E-state index contributed by atoms with van der Waals surface area (Å²) in [5.74, 6) is -2.62. The fourth-order valence-electron chi connectivity index (χ4n) is 3.89. The lowest BCUT2D eigenvalue weighted by molar-refractivity contribution is -0.271. The predicted octanol–water partition coefficient (Wildman–Crippen LogP) is -0.299. The number of carbonyl (C=O) groups excluding carboxylic acids is 1. The molecular weight excluding hydrogens is 472 g/mol. The minimum Gasteiger partial charge on any atom is -0.479 e. The van der Waals surface area contributed by atoms with Crippen molar-refractivity contribution in [2.75, 3.05) is 6.54 Å². The van der Waals surface area contributed by atoms with Gasteiger partial charge in [-0.25, -0.2) is 4.79 Å². The van der Waals surface area contributed by atoms with Crippen LogP contribution in [0.1, 0.15) is 40.9 Å². The molecule has 0 radical (unpaired) electrons. The molecule has 2 aromatic rings. The number of primary amides is 1. The molecule has 2 aromatic carbocycles. The van der Waals surface area contributed by atoms with E-state index in [1.54, 1.807) is 0 Å². The van der Waals surface area contributed by atoms with Crippen LogP contribution in [0.4, 0.5) is 0 Å². The SMILES string of the molecule is C[C@H](CCc1ccccc1)NC[C@H](O)c1ccc(O[C@@H]2OC(C(=O)O)[C@@H](O)[C@H](O)[C@H]2O)c(C(N)=O)c1. The summed E-state index contributed by atoms with van der Waals surface area (Å²) in [6.07, 6.45) is -8.34. The average molecular weight is 505 g/mol. The number of nitrogens with one attached hydrogen (secondary N) is 1. The van der Waals surface area contributed by atoms with Crippen molar-refractivity contribution in [3.63, 3.8) is 0 Å². The van der Waals surface area contributed by atoms with E-state index in [9.17, 15) is 35.1 Å². The lowest BCUT2D eigenvalue weighted by Crippen LogP contribution is -2.61. The number of aliphatic carboxylic acids is 1. The number of nitrogens with two attached hydrogens (primary N) is 1. The van der Waals surface area contributed by atoms with Crippen LogP contribution in [0.2, 0.25) is 0 Å². The molecule has 1 fully saturated rings. The van der Waals surface area contributed by atoms with E-state index in [4.69, 9.17) is 15.2 Å². The van der Waals surface area contributed by atoms with E-state index in [0.717, 1.165) is 12.8 Å². The molecule has 1 amide bonds. The fourth-order valence-corrected chi connectivity index (χ4v) is 3.89. The Labute approximate surface area is 208 Å². The molecule has 0 aromatic heterocycles. The number of carboxylic acid groups (broad SMARTS) is 1.